The number of allylic oxidation sites excluding steroid dienone is 8. The number of carbonyl (C=O) groups excluding carboxylic acids is 2. The Kier molecular flexibility index (Phi) is 5.22. The van der Waals surface area contributed by atoms with Gasteiger partial charge in [0.15, 0.2) is 11.6 Å². The van der Waals surface area contributed by atoms with Gasteiger partial charge in [-0.1, -0.05) is 23.8 Å². The topological polar surface area (TPSA) is 34.1 Å². The predicted octanol–water partition coefficient (Wildman–Crippen LogP) is 4.09. The molecule has 0 aliphatic heterocycles. The van der Waals surface area contributed by atoms with E-state index in [9.17, 15) is 9.59 Å². The van der Waals surface area contributed by atoms with Gasteiger partial charge in [-0.2, -0.15) is 0 Å². The second-order valence-electron chi connectivity index (χ2n) is 5.20. The molecule has 0 heterocycles. The Hall–Kier alpha value is -1.70. The summed E-state index contributed by atoms with van der Waals surface area (Å²) in [5.74, 6) is 0.0197. The van der Waals surface area contributed by atoms with Crippen LogP contribution < -0.4 is 0 Å². The average molecular weight is 258 g/mol. The molecule has 1 rings (SSSR count). The summed E-state index contributed by atoms with van der Waals surface area (Å²) in [6.07, 6.45) is 7.53. The van der Waals surface area contributed by atoms with Crippen molar-refractivity contribution in [3.05, 3.63) is 46.1 Å². The highest BCUT2D eigenvalue weighted by atomic mass is 16.1. The van der Waals surface area contributed by atoms with Crippen LogP contribution in [0.15, 0.2) is 46.1 Å². The lowest BCUT2D eigenvalue weighted by Gasteiger charge is -2.17. The van der Waals surface area contributed by atoms with Crippen molar-refractivity contribution < 1.29 is 9.59 Å². The van der Waals surface area contributed by atoms with Crippen LogP contribution in [0.4, 0.5) is 0 Å². The Labute approximate surface area is 115 Å². The number of hydrogen-bond donors (Lipinski definition) is 0. The summed E-state index contributed by atoms with van der Waals surface area (Å²) in [5, 5.41) is 0. The third-order valence-electron chi connectivity index (χ3n) is 3.46. The third-order valence-corrected chi connectivity index (χ3v) is 3.46. The molecule has 19 heavy (non-hydrogen) atoms. The quantitative estimate of drug-likeness (QED) is 0.562. The molecule has 0 saturated carbocycles. The lowest BCUT2D eigenvalue weighted by Crippen LogP contribution is -2.20. The van der Waals surface area contributed by atoms with Crippen molar-refractivity contribution in [1.82, 2.24) is 0 Å². The molecule has 0 aromatic heterocycles. The first-order valence-electron chi connectivity index (χ1n) is 6.61. The third kappa shape index (κ3) is 3.63. The first-order valence-corrected chi connectivity index (χ1v) is 6.61. The summed E-state index contributed by atoms with van der Waals surface area (Å²) in [7, 11) is 0. The van der Waals surface area contributed by atoms with Gasteiger partial charge in [-0.05, 0) is 47.5 Å². The van der Waals surface area contributed by atoms with Crippen molar-refractivity contribution in [2.45, 2.75) is 47.5 Å². The molecule has 0 aromatic carbocycles. The van der Waals surface area contributed by atoms with Gasteiger partial charge in [0.2, 0.25) is 0 Å². The highest BCUT2D eigenvalue weighted by Crippen LogP contribution is 2.26. The first-order chi connectivity index (χ1) is 8.86. The Bertz CT molecular complexity index is 521. The molecule has 102 valence electrons. The van der Waals surface area contributed by atoms with Crippen LogP contribution in [-0.2, 0) is 9.59 Å². The van der Waals surface area contributed by atoms with E-state index in [2.05, 4.69) is 19.9 Å². The highest BCUT2D eigenvalue weighted by molar-refractivity contribution is 6.24. The fourth-order valence-corrected chi connectivity index (χ4v) is 2.00. The minimum Gasteiger partial charge on any atom is -0.289 e. The van der Waals surface area contributed by atoms with Crippen LogP contribution in [0, 0.1) is 0 Å². The van der Waals surface area contributed by atoms with Gasteiger partial charge in [0, 0.05) is 22.3 Å². The van der Waals surface area contributed by atoms with Crippen LogP contribution in [0.25, 0.3) is 0 Å². The molecule has 1 aliphatic rings. The number of rotatable bonds is 4. The van der Waals surface area contributed by atoms with E-state index in [1.807, 2.05) is 12.2 Å². The minimum absolute atomic E-state index is 0.00444. The fraction of sp³-hybridized carbons (Fsp3) is 0.412. The van der Waals surface area contributed by atoms with E-state index in [1.165, 1.54) is 5.57 Å². The van der Waals surface area contributed by atoms with Gasteiger partial charge in [-0.3, -0.25) is 9.59 Å². The van der Waals surface area contributed by atoms with Gasteiger partial charge < -0.3 is 0 Å². The van der Waals surface area contributed by atoms with E-state index in [1.54, 1.807) is 20.8 Å². The summed E-state index contributed by atoms with van der Waals surface area (Å²) in [5.41, 5.74) is 3.68. The second-order valence-corrected chi connectivity index (χ2v) is 5.20. The predicted molar refractivity (Wildman–Crippen MR) is 78.9 cm³/mol. The summed E-state index contributed by atoms with van der Waals surface area (Å²) < 4.78 is 0. The van der Waals surface area contributed by atoms with E-state index >= 15 is 0 Å². The number of carbonyl (C=O) groups is 2. The molecule has 0 atom stereocenters. The standard InChI is InChI=1S/C17H22O2/c1-11(2)9-7-6-8-10-15-14(5)16(18)12(3)13(4)17(15)19/h6,8-9H,7,10H2,1-5H3/b8-6+. The van der Waals surface area contributed by atoms with Gasteiger partial charge >= 0.3 is 0 Å². The Morgan fingerprint density at radius 2 is 1.47 bits per heavy atom. The number of ketones is 2. The molecule has 1 aliphatic carbocycles. The van der Waals surface area contributed by atoms with Crippen molar-refractivity contribution >= 4 is 11.6 Å². The fourth-order valence-electron chi connectivity index (χ4n) is 2.00. The molecule has 0 spiro atoms. The molecule has 0 radical (unpaired) electrons. The minimum atomic E-state index is 0.00444. The van der Waals surface area contributed by atoms with Crippen molar-refractivity contribution in [3.63, 3.8) is 0 Å². The normalized spacial score (nSPS) is 16.7. The average Bonchev–Trinajstić information content (AvgIpc) is 2.37. The van der Waals surface area contributed by atoms with Gasteiger partial charge in [0.05, 0.1) is 0 Å². The molecule has 0 unspecified atom stereocenters. The van der Waals surface area contributed by atoms with E-state index < -0.39 is 0 Å². The van der Waals surface area contributed by atoms with Crippen LogP contribution in [0.1, 0.15) is 47.5 Å². The Morgan fingerprint density at radius 1 is 0.895 bits per heavy atom. The molecule has 0 bridgehead atoms. The maximum atomic E-state index is 12.1. The second kappa shape index (κ2) is 6.46. The monoisotopic (exact) mass is 258 g/mol. The lowest BCUT2D eigenvalue weighted by atomic mass is 9.84. The van der Waals surface area contributed by atoms with Gasteiger partial charge in [0.1, 0.15) is 0 Å². The Balaban J connectivity index is 2.81. The van der Waals surface area contributed by atoms with Crippen molar-refractivity contribution in [2.24, 2.45) is 0 Å². The molecule has 2 nitrogen and oxygen atoms in total. The molecular weight excluding hydrogens is 236 g/mol. The van der Waals surface area contributed by atoms with Gasteiger partial charge in [-0.15, -0.1) is 0 Å². The maximum Gasteiger partial charge on any atom is 0.185 e. The van der Waals surface area contributed by atoms with Crippen LogP contribution in [-0.4, -0.2) is 11.6 Å². The van der Waals surface area contributed by atoms with Crippen molar-refractivity contribution in [3.8, 4) is 0 Å². The Morgan fingerprint density at radius 3 is 2.05 bits per heavy atom. The first kappa shape index (κ1) is 15.4. The molecule has 0 amide bonds. The number of hydrogen-bond acceptors (Lipinski definition) is 2. The van der Waals surface area contributed by atoms with Gasteiger partial charge in [-0.25, -0.2) is 0 Å². The number of Topliss-reactive ketones (excluding diaryl/α,β-unsaturated/α-hetero) is 2. The summed E-state index contributed by atoms with van der Waals surface area (Å²) in [4.78, 5) is 24.1. The van der Waals surface area contributed by atoms with E-state index in [-0.39, 0.29) is 11.6 Å². The van der Waals surface area contributed by atoms with Crippen LogP contribution in [0.5, 0.6) is 0 Å². The van der Waals surface area contributed by atoms with Crippen LogP contribution in [0.2, 0.25) is 0 Å². The molecule has 2 heteroatoms. The maximum absolute atomic E-state index is 12.1. The lowest BCUT2D eigenvalue weighted by molar-refractivity contribution is -0.116. The van der Waals surface area contributed by atoms with Crippen LogP contribution >= 0.6 is 0 Å². The van der Waals surface area contributed by atoms with Gasteiger partial charge in [0.25, 0.3) is 0 Å². The zero-order valence-electron chi connectivity index (χ0n) is 12.5. The summed E-state index contributed by atoms with van der Waals surface area (Å²) >= 11 is 0. The zero-order chi connectivity index (χ0) is 14.6. The molecule has 0 aromatic rings. The molecule has 0 N–H and O–H groups in total. The molecule has 0 fully saturated rings. The summed E-state index contributed by atoms with van der Waals surface area (Å²) in [6.45, 7) is 9.31. The smallest absolute Gasteiger partial charge is 0.185 e. The molecule has 0 saturated heterocycles. The van der Waals surface area contributed by atoms with Crippen molar-refractivity contribution in [1.29, 1.82) is 0 Å². The largest absolute Gasteiger partial charge is 0.289 e. The van der Waals surface area contributed by atoms with Crippen molar-refractivity contribution in [2.75, 3.05) is 0 Å². The van der Waals surface area contributed by atoms with E-state index in [0.29, 0.717) is 28.7 Å². The SMILES string of the molecule is CC(C)=CC/C=C/CC1=C(C)C(=O)C(C)=C(C)C1=O. The van der Waals surface area contributed by atoms with Crippen LogP contribution in [0.3, 0.4) is 0 Å². The highest BCUT2D eigenvalue weighted by Gasteiger charge is 2.26. The molecular formula is C17H22O2. The van der Waals surface area contributed by atoms with E-state index in [0.717, 1.165) is 6.42 Å². The van der Waals surface area contributed by atoms with E-state index in [4.69, 9.17) is 0 Å². The zero-order valence-corrected chi connectivity index (χ0v) is 12.5. The summed E-state index contributed by atoms with van der Waals surface area (Å²) in [6, 6.07) is 0.